The molecule has 1 saturated heterocycles. The highest BCUT2D eigenvalue weighted by molar-refractivity contribution is 5.80. The zero-order valence-electron chi connectivity index (χ0n) is 16.3. The Morgan fingerprint density at radius 3 is 2.67 bits per heavy atom. The van der Waals surface area contributed by atoms with Gasteiger partial charge in [-0.25, -0.2) is 0 Å². The first-order valence-corrected chi connectivity index (χ1v) is 9.71. The Hall–Kier alpha value is -2.70. The number of phenols is 1. The molecule has 1 aromatic heterocycles. The Kier molecular flexibility index (Phi) is 6.57. The molecule has 0 aliphatic carbocycles. The molecule has 1 aromatic carbocycles. The molecule has 2 heterocycles. The molecular formula is C20H30N6O. The van der Waals surface area contributed by atoms with E-state index in [1.165, 1.54) is 0 Å². The quantitative estimate of drug-likeness (QED) is 0.601. The zero-order chi connectivity index (χ0) is 19.1. The van der Waals surface area contributed by atoms with Crippen LogP contribution in [0.2, 0.25) is 0 Å². The minimum atomic E-state index is 0.346. The normalized spacial score (nSPS) is 16.4. The van der Waals surface area contributed by atoms with Gasteiger partial charge in [0.25, 0.3) is 0 Å². The summed E-state index contributed by atoms with van der Waals surface area (Å²) in [6.07, 6.45) is 3.80. The van der Waals surface area contributed by atoms with Gasteiger partial charge in [-0.2, -0.15) is 5.10 Å². The second-order valence-electron chi connectivity index (χ2n) is 6.99. The summed E-state index contributed by atoms with van der Waals surface area (Å²) in [7, 11) is 0. The lowest BCUT2D eigenvalue weighted by molar-refractivity contribution is 0.367. The summed E-state index contributed by atoms with van der Waals surface area (Å²) in [4.78, 5) is 9.39. The van der Waals surface area contributed by atoms with Crippen molar-refractivity contribution in [3.63, 3.8) is 0 Å². The van der Waals surface area contributed by atoms with Crippen molar-refractivity contribution < 1.29 is 5.11 Å². The van der Waals surface area contributed by atoms with Crippen LogP contribution in [0, 0.1) is 5.92 Å². The highest BCUT2D eigenvalue weighted by Gasteiger charge is 2.21. The third kappa shape index (κ3) is 5.15. The first-order chi connectivity index (χ1) is 13.2. The van der Waals surface area contributed by atoms with E-state index < -0.39 is 0 Å². The number of nitrogens with zero attached hydrogens (tertiary/aromatic N) is 5. The molecule has 27 heavy (non-hydrogen) atoms. The van der Waals surface area contributed by atoms with Crippen LogP contribution in [0.15, 0.2) is 47.7 Å². The number of guanidine groups is 1. The number of para-hydroxylation sites is 2. The van der Waals surface area contributed by atoms with Gasteiger partial charge in [0.1, 0.15) is 5.75 Å². The number of phenolic OH excluding ortho intramolecular Hbond substituents is 1. The number of aromatic hydroxyl groups is 1. The molecule has 2 aromatic rings. The van der Waals surface area contributed by atoms with Crippen LogP contribution < -0.4 is 10.2 Å². The van der Waals surface area contributed by atoms with Gasteiger partial charge in [0.05, 0.1) is 5.69 Å². The smallest absolute Gasteiger partial charge is 0.194 e. The molecular weight excluding hydrogens is 340 g/mol. The summed E-state index contributed by atoms with van der Waals surface area (Å²) in [5, 5.41) is 17.8. The fourth-order valence-corrected chi connectivity index (χ4v) is 3.34. The van der Waals surface area contributed by atoms with Crippen molar-refractivity contribution >= 4 is 11.6 Å². The minimum absolute atomic E-state index is 0.346. The minimum Gasteiger partial charge on any atom is -0.506 e. The molecule has 1 aliphatic rings. The largest absolute Gasteiger partial charge is 0.506 e. The highest BCUT2D eigenvalue weighted by atomic mass is 16.3. The van der Waals surface area contributed by atoms with Crippen LogP contribution in [-0.2, 0) is 6.54 Å². The van der Waals surface area contributed by atoms with E-state index in [2.05, 4.69) is 34.1 Å². The van der Waals surface area contributed by atoms with Gasteiger partial charge in [0.2, 0.25) is 0 Å². The molecule has 1 atom stereocenters. The van der Waals surface area contributed by atoms with E-state index in [4.69, 9.17) is 4.99 Å². The van der Waals surface area contributed by atoms with Crippen molar-refractivity contribution in [1.29, 1.82) is 0 Å². The first kappa shape index (κ1) is 19.1. The van der Waals surface area contributed by atoms with Gasteiger partial charge in [0.15, 0.2) is 5.96 Å². The van der Waals surface area contributed by atoms with Gasteiger partial charge in [0, 0.05) is 58.2 Å². The summed E-state index contributed by atoms with van der Waals surface area (Å²) in [6.45, 7) is 10.3. The van der Waals surface area contributed by atoms with Gasteiger partial charge in [-0.15, -0.1) is 0 Å². The Morgan fingerprint density at radius 2 is 2.00 bits per heavy atom. The standard InChI is InChI=1S/C20H30N6O/c1-3-21-20(22-15-17(2)16-26-10-6-9-23-26)25-13-11-24(12-14-25)18-7-4-5-8-19(18)27/h4-10,17,27H,3,11-16H2,1-2H3,(H,21,22). The van der Waals surface area contributed by atoms with E-state index in [-0.39, 0.29) is 0 Å². The Balaban J connectivity index is 1.56. The van der Waals surface area contributed by atoms with Gasteiger partial charge >= 0.3 is 0 Å². The average Bonchev–Trinajstić information content (AvgIpc) is 3.19. The molecule has 7 heteroatoms. The lowest BCUT2D eigenvalue weighted by Gasteiger charge is -2.38. The van der Waals surface area contributed by atoms with Crippen LogP contribution in [0.3, 0.4) is 0 Å². The molecule has 7 nitrogen and oxygen atoms in total. The number of piperazine rings is 1. The maximum absolute atomic E-state index is 10.1. The number of aliphatic imine (C=N–C) groups is 1. The van der Waals surface area contributed by atoms with Crippen LogP contribution in [0.1, 0.15) is 13.8 Å². The summed E-state index contributed by atoms with van der Waals surface area (Å²) < 4.78 is 1.96. The lowest BCUT2D eigenvalue weighted by atomic mass is 10.2. The highest BCUT2D eigenvalue weighted by Crippen LogP contribution is 2.27. The predicted molar refractivity (Wildman–Crippen MR) is 109 cm³/mol. The van der Waals surface area contributed by atoms with Crippen LogP contribution in [0.4, 0.5) is 5.69 Å². The second-order valence-corrected chi connectivity index (χ2v) is 6.99. The maximum Gasteiger partial charge on any atom is 0.194 e. The van der Waals surface area contributed by atoms with E-state index in [0.717, 1.165) is 57.5 Å². The van der Waals surface area contributed by atoms with Crippen molar-refractivity contribution in [2.75, 3.05) is 44.2 Å². The number of nitrogens with one attached hydrogen (secondary N) is 1. The van der Waals surface area contributed by atoms with Gasteiger partial charge in [-0.1, -0.05) is 19.1 Å². The van der Waals surface area contributed by atoms with Crippen molar-refractivity contribution in [3.8, 4) is 5.75 Å². The van der Waals surface area contributed by atoms with Crippen molar-refractivity contribution in [3.05, 3.63) is 42.7 Å². The van der Waals surface area contributed by atoms with Crippen LogP contribution in [0.25, 0.3) is 0 Å². The predicted octanol–water partition coefficient (Wildman–Crippen LogP) is 2.01. The van der Waals surface area contributed by atoms with Crippen LogP contribution >= 0.6 is 0 Å². The second kappa shape index (κ2) is 9.30. The van der Waals surface area contributed by atoms with E-state index in [1.807, 2.05) is 41.3 Å². The molecule has 0 radical (unpaired) electrons. The summed E-state index contributed by atoms with van der Waals surface area (Å²) in [5.41, 5.74) is 0.909. The Morgan fingerprint density at radius 1 is 1.22 bits per heavy atom. The molecule has 1 unspecified atom stereocenters. The number of hydrogen-bond acceptors (Lipinski definition) is 4. The summed E-state index contributed by atoms with van der Waals surface area (Å²) in [6, 6.07) is 9.49. The first-order valence-electron chi connectivity index (χ1n) is 9.71. The monoisotopic (exact) mass is 370 g/mol. The van der Waals surface area contributed by atoms with E-state index >= 15 is 0 Å². The molecule has 146 valence electrons. The summed E-state index contributed by atoms with van der Waals surface area (Å²) >= 11 is 0. The molecule has 0 spiro atoms. The lowest BCUT2D eigenvalue weighted by Crippen LogP contribution is -2.52. The third-order valence-electron chi connectivity index (χ3n) is 4.75. The Bertz CT molecular complexity index is 722. The summed E-state index contributed by atoms with van der Waals surface area (Å²) in [5.74, 6) is 1.74. The van der Waals surface area contributed by atoms with Gasteiger partial charge < -0.3 is 20.2 Å². The van der Waals surface area contributed by atoms with Crippen LogP contribution in [-0.4, -0.2) is 65.0 Å². The molecule has 1 aliphatic heterocycles. The van der Waals surface area contributed by atoms with E-state index in [9.17, 15) is 5.11 Å². The fourth-order valence-electron chi connectivity index (χ4n) is 3.34. The number of rotatable bonds is 6. The van der Waals surface area contributed by atoms with Crippen molar-refractivity contribution in [2.24, 2.45) is 10.9 Å². The molecule has 0 bridgehead atoms. The number of anilines is 1. The average molecular weight is 371 g/mol. The van der Waals surface area contributed by atoms with Crippen LogP contribution in [0.5, 0.6) is 5.75 Å². The number of hydrogen-bond donors (Lipinski definition) is 2. The fraction of sp³-hybridized carbons (Fsp3) is 0.500. The topological polar surface area (TPSA) is 68.9 Å². The van der Waals surface area contributed by atoms with E-state index in [1.54, 1.807) is 6.07 Å². The maximum atomic E-state index is 10.1. The van der Waals surface area contributed by atoms with E-state index in [0.29, 0.717) is 11.7 Å². The van der Waals surface area contributed by atoms with Crippen molar-refractivity contribution in [2.45, 2.75) is 20.4 Å². The number of benzene rings is 1. The Labute approximate surface area is 161 Å². The number of aromatic nitrogens is 2. The van der Waals surface area contributed by atoms with Gasteiger partial charge in [-0.3, -0.25) is 9.67 Å². The molecule has 0 amide bonds. The zero-order valence-corrected chi connectivity index (χ0v) is 16.3. The van der Waals surface area contributed by atoms with Crippen molar-refractivity contribution in [1.82, 2.24) is 20.0 Å². The third-order valence-corrected chi connectivity index (χ3v) is 4.75. The SMILES string of the molecule is CCNC(=NCC(C)Cn1cccn1)N1CCN(c2ccccc2O)CC1. The van der Waals surface area contributed by atoms with Gasteiger partial charge in [-0.05, 0) is 31.0 Å². The molecule has 2 N–H and O–H groups in total. The molecule has 0 saturated carbocycles. The molecule has 3 rings (SSSR count). The molecule has 1 fully saturated rings.